The summed E-state index contributed by atoms with van der Waals surface area (Å²) < 4.78 is 31.1. The number of ether oxygens (including phenoxy) is 5. The van der Waals surface area contributed by atoms with Gasteiger partial charge >= 0.3 is 7.12 Å². The number of benzene rings is 18. The lowest BCUT2D eigenvalue weighted by molar-refractivity contribution is 0.416. The Hall–Kier alpha value is -13.2. The minimum absolute atomic E-state index is 0.0221. The van der Waals surface area contributed by atoms with E-state index < -0.39 is 7.12 Å². The Kier molecular flexibility index (Phi) is 22.3. The van der Waals surface area contributed by atoms with Crippen LogP contribution in [0.25, 0.3) is 110 Å². The zero-order chi connectivity index (χ0) is 84.7. The standard InChI is InChI=1S/C44H27BO2.C26H35OP.C24H14BClO2.C20H15BO2/c1-2-13-28(14-3-1)42-32-17-6-8-19-34(32)43(35-20-9-7-18-33(35)42)31-16-5-4-15-30(31)29-25-26-39-37(27-29)45-36-21-10-11-22-38(36)46-40-23-12-24-41(47-39)44(40)45;1-20-12-11-18-24(27-2)26(20)23-17-9-10-19-25(23)28(21-13-5-3-6-14-21)22-15-7-4-8-16-22;26-19-8-3-1-6-16(19)15-12-13-21-18(14-15)25-17-7-2-4-9-20(17)27-22-10-5-11-23(28-21)24(22)25;22-21(23)20-17-12-6-4-10-15(17)19(14-8-2-1-3-9-14)16-11-5-7-13-18(16)20/h1-27H;9-12,17-19,21-22H,3-8,13-16H2,1-2H3;1-14H;1-13,22-23H. The number of methoxy groups -OCH3 is 1. The molecule has 4 heterocycles. The van der Waals surface area contributed by atoms with Crippen LogP contribution in [0.3, 0.4) is 0 Å². The fourth-order valence-electron chi connectivity index (χ4n) is 20.9. The first-order chi connectivity index (χ1) is 62.2. The maximum atomic E-state index is 9.94. The van der Waals surface area contributed by atoms with Gasteiger partial charge in [-0.3, -0.25) is 0 Å². The molecule has 610 valence electrons. The van der Waals surface area contributed by atoms with Crippen molar-refractivity contribution in [1.82, 2.24) is 0 Å². The van der Waals surface area contributed by atoms with Gasteiger partial charge in [0.15, 0.2) is 0 Å². The van der Waals surface area contributed by atoms with E-state index in [-0.39, 0.29) is 21.3 Å². The Morgan fingerprint density at radius 2 is 0.667 bits per heavy atom. The molecule has 12 heteroatoms. The molecular weight excluding hydrogens is 1580 g/mol. The van der Waals surface area contributed by atoms with Crippen LogP contribution >= 0.6 is 19.5 Å². The number of fused-ring (bicyclic) bond motifs is 12. The van der Waals surface area contributed by atoms with Gasteiger partial charge in [-0.05, 0) is 241 Å². The largest absolute Gasteiger partial charge is 0.496 e. The van der Waals surface area contributed by atoms with E-state index >= 15 is 0 Å². The molecule has 7 nitrogen and oxygen atoms in total. The normalized spacial score (nSPS) is 13.8. The molecular formula is C114H91B3ClO7P. The van der Waals surface area contributed by atoms with Gasteiger partial charge in [-0.15, -0.1) is 0 Å². The predicted molar refractivity (Wildman–Crippen MR) is 530 cm³/mol. The van der Waals surface area contributed by atoms with Crippen molar-refractivity contribution in [2.45, 2.75) is 82.4 Å². The molecule has 24 rings (SSSR count). The molecule has 6 aliphatic rings. The number of hydrogen-bond donors (Lipinski definition) is 2. The van der Waals surface area contributed by atoms with Crippen LogP contribution in [-0.4, -0.2) is 49.0 Å². The van der Waals surface area contributed by atoms with Crippen molar-refractivity contribution in [3.8, 4) is 119 Å². The van der Waals surface area contributed by atoms with Crippen LogP contribution in [0.2, 0.25) is 5.02 Å². The van der Waals surface area contributed by atoms with Gasteiger partial charge in [0.05, 0.1) is 7.11 Å². The van der Waals surface area contributed by atoms with Crippen molar-refractivity contribution >= 4 is 127 Å². The van der Waals surface area contributed by atoms with Crippen molar-refractivity contribution in [3.05, 3.63) is 381 Å². The van der Waals surface area contributed by atoms with Crippen LogP contribution in [0.15, 0.2) is 370 Å². The number of rotatable bonds is 11. The summed E-state index contributed by atoms with van der Waals surface area (Å²) in [6.45, 7) is 2.33. The van der Waals surface area contributed by atoms with Crippen LogP contribution < -0.4 is 67.2 Å². The molecule has 0 saturated heterocycles. The maximum absolute atomic E-state index is 9.94. The van der Waals surface area contributed by atoms with Crippen molar-refractivity contribution in [3.63, 3.8) is 0 Å². The lowest BCUT2D eigenvalue weighted by Crippen LogP contribution is -2.57. The third-order valence-corrected chi connectivity index (χ3v) is 30.3. The van der Waals surface area contributed by atoms with Crippen LogP contribution in [0, 0.1) is 6.92 Å². The minimum atomic E-state index is -1.50. The van der Waals surface area contributed by atoms with E-state index in [1.54, 1.807) is 5.30 Å². The van der Waals surface area contributed by atoms with Crippen LogP contribution in [0.5, 0.6) is 51.7 Å². The summed E-state index contributed by atoms with van der Waals surface area (Å²) in [7, 11) is 0.185. The van der Waals surface area contributed by atoms with Crippen LogP contribution in [0.4, 0.5) is 0 Å². The van der Waals surface area contributed by atoms with E-state index in [1.807, 2.05) is 159 Å². The Morgan fingerprint density at radius 1 is 0.310 bits per heavy atom. The highest BCUT2D eigenvalue weighted by atomic mass is 35.5. The third-order valence-electron chi connectivity index (χ3n) is 26.4. The van der Waals surface area contributed by atoms with Crippen molar-refractivity contribution in [1.29, 1.82) is 0 Å². The fourth-order valence-corrected chi connectivity index (χ4v) is 25.1. The van der Waals surface area contributed by atoms with Gasteiger partial charge in [-0.2, -0.15) is 0 Å². The highest BCUT2D eigenvalue weighted by molar-refractivity contribution is 7.67. The molecule has 2 saturated carbocycles. The molecule has 2 N–H and O–H groups in total. The lowest BCUT2D eigenvalue weighted by atomic mass is 9.35. The van der Waals surface area contributed by atoms with Gasteiger partial charge in [-0.1, -0.05) is 367 Å². The Morgan fingerprint density at radius 3 is 1.13 bits per heavy atom. The maximum Gasteiger partial charge on any atom is 0.489 e. The Balaban J connectivity index is 0.000000107. The molecule has 0 unspecified atom stereocenters. The van der Waals surface area contributed by atoms with E-state index in [1.165, 1.54) is 130 Å². The topological polar surface area (TPSA) is 86.6 Å². The van der Waals surface area contributed by atoms with E-state index in [9.17, 15) is 10.0 Å². The monoisotopic (exact) mass is 1670 g/mol. The summed E-state index contributed by atoms with van der Waals surface area (Å²) >= 11 is 6.46. The summed E-state index contributed by atoms with van der Waals surface area (Å²) in [5.41, 5.74) is 25.0. The van der Waals surface area contributed by atoms with Gasteiger partial charge in [0.2, 0.25) is 0 Å². The molecule has 4 aliphatic heterocycles. The molecule has 0 aromatic heterocycles. The van der Waals surface area contributed by atoms with Crippen LogP contribution in [-0.2, 0) is 0 Å². The van der Waals surface area contributed by atoms with Crippen LogP contribution in [0.1, 0.15) is 69.8 Å². The van der Waals surface area contributed by atoms with Crippen molar-refractivity contribution < 1.29 is 33.7 Å². The van der Waals surface area contributed by atoms with Crippen molar-refractivity contribution in [2.24, 2.45) is 0 Å². The van der Waals surface area contributed by atoms with Gasteiger partial charge < -0.3 is 33.7 Å². The average Bonchev–Trinajstić information content (AvgIpc) is 0.731. The average molecular weight is 1670 g/mol. The first-order valence-electron chi connectivity index (χ1n) is 44.3. The summed E-state index contributed by atoms with van der Waals surface area (Å²) in [6.07, 6.45) is 14.4. The molecule has 0 bridgehead atoms. The zero-order valence-corrected chi connectivity index (χ0v) is 72.1. The van der Waals surface area contributed by atoms with Gasteiger partial charge in [0.1, 0.15) is 51.7 Å². The minimum Gasteiger partial charge on any atom is -0.496 e. The molecule has 2 aliphatic carbocycles. The molecule has 0 spiro atoms. The third kappa shape index (κ3) is 14.9. The highest BCUT2D eigenvalue weighted by Crippen LogP contribution is 2.57. The molecule has 2 fully saturated rings. The predicted octanol–water partition coefficient (Wildman–Crippen LogP) is 25.2. The number of hydrogen-bond acceptors (Lipinski definition) is 7. The second-order valence-corrected chi connectivity index (χ2v) is 36.9. The summed E-state index contributed by atoms with van der Waals surface area (Å²) in [5.74, 6) is 8.02. The Bertz CT molecular complexity index is 7010. The van der Waals surface area contributed by atoms with E-state index in [0.717, 1.165) is 150 Å². The first kappa shape index (κ1) is 80.0. The van der Waals surface area contributed by atoms with E-state index in [0.29, 0.717) is 5.46 Å². The second kappa shape index (κ2) is 35.1. The highest BCUT2D eigenvalue weighted by Gasteiger charge is 2.43. The second-order valence-electron chi connectivity index (χ2n) is 33.7. The molecule has 0 amide bonds. The fraction of sp³-hybridized carbons (Fsp3) is 0.123. The number of aryl methyl sites for hydroxylation is 1. The molecule has 126 heavy (non-hydrogen) atoms. The number of halogens is 1. The summed E-state index contributed by atoms with van der Waals surface area (Å²) in [5, 5.41) is 31.1. The summed E-state index contributed by atoms with van der Waals surface area (Å²) in [4.78, 5) is 0. The number of para-hydroxylation sites is 2. The molecule has 0 radical (unpaired) electrons. The van der Waals surface area contributed by atoms with Crippen molar-refractivity contribution in [2.75, 3.05) is 7.11 Å². The SMILES string of the molecule is COc1cccc(C)c1-c1ccccc1P(C1CCCCC1)C1CCCCC1.Clc1ccccc1-c1ccc2c(c1)B1c3ccccc3Oc3cccc(c31)O2.OB(O)c1c2ccccc2c(-c2ccccc2)c2ccccc12.c1ccc(-c2c3ccccc3c(-c3ccccc3-c3ccc4c(c3)B3c5ccccc5Oc5cccc(c53)O4)c3ccccc23)cc1. The Labute approximate surface area is 743 Å². The smallest absolute Gasteiger partial charge is 0.489 e. The van der Waals surface area contributed by atoms with E-state index in [2.05, 4.69) is 225 Å². The lowest BCUT2D eigenvalue weighted by Gasteiger charge is -2.39. The quantitative estimate of drug-likeness (QED) is 0.0758. The van der Waals surface area contributed by atoms with Gasteiger partial charge in [0.25, 0.3) is 13.4 Å². The molecule has 18 aromatic carbocycles. The molecule has 18 aromatic rings. The molecule has 0 atom stereocenters. The zero-order valence-electron chi connectivity index (χ0n) is 70.4. The first-order valence-corrected chi connectivity index (χ1v) is 46.2. The summed E-state index contributed by atoms with van der Waals surface area (Å²) in [6, 6.07) is 129. The van der Waals surface area contributed by atoms with E-state index in [4.69, 9.17) is 35.3 Å². The van der Waals surface area contributed by atoms with Gasteiger partial charge in [-0.25, -0.2) is 0 Å². The van der Waals surface area contributed by atoms with Gasteiger partial charge in [0, 0.05) is 27.1 Å².